The molecule has 27 heteroatoms. The van der Waals surface area contributed by atoms with E-state index < -0.39 is 0 Å². The van der Waals surface area contributed by atoms with E-state index in [1.165, 1.54) is 59.1 Å². The van der Waals surface area contributed by atoms with Crippen molar-refractivity contribution < 1.29 is 146 Å². The molecule has 1 fully saturated rings. The van der Waals surface area contributed by atoms with Crippen molar-refractivity contribution in [1.82, 2.24) is 48.6 Å². The van der Waals surface area contributed by atoms with Gasteiger partial charge in [0.15, 0.2) is 0 Å². The van der Waals surface area contributed by atoms with Crippen LogP contribution >= 0.6 is 11.9 Å². The first-order valence-electron chi connectivity index (χ1n) is 41.3. The molecule has 0 amide bonds. The third-order valence-electron chi connectivity index (χ3n) is 23.3. The third-order valence-corrected chi connectivity index (χ3v) is 24.1. The van der Waals surface area contributed by atoms with Crippen molar-refractivity contribution in [2.45, 2.75) is 36.8 Å². The van der Waals surface area contributed by atoms with Crippen LogP contribution in [0, 0.1) is 42.5 Å². The summed E-state index contributed by atoms with van der Waals surface area (Å²) in [6, 6.07) is 95.7. The standard InChI is InChI=1S/C24H15N2.C17H12N3.C16H15N2.C15H8N3O.C12H10N3.C11H7N2O.C11H7N2S.7Ir/c1-2-8-18-17(7-1)13-16-26-23(18)25-15-14-24(26)21-11-5-3-9-19(21)20-10-4-6-12-22(20)24;1-2-7-15(8-3-1)19-13-11-18-17-16-9-5-4-6-14(16)10-12-20(17)19;1-2-6-14-13(5-1)7-12-18-15(14)17-11-10-16(18)8-3-4-9-16;19-15-12-5-7-16-9-13(12)17-14-11-4-2-1-3-10(11)6-8-18(14)15;1-14-9-7-13-12-11-5-3-2-4-10(11)6-8-15(12)14;2*1-2-4-10-9(3-1)5-7-13-11(10)12-6-8-14-13;;;;;;;/h1-7,9-16H;1-8,10-13H;1-2,5,7,10-12H,3-4,8-9H2;1-3,5-9H;2-4,6-9H,1H3;2*1-3,5-8H;;;;;;;/q7*-1;;;;;;;. The fourth-order valence-electron chi connectivity index (χ4n) is 17.4. The predicted molar refractivity (Wildman–Crippen MR) is 503 cm³/mol. The molecule has 3 aromatic heterocycles. The molecule has 27 rings (SSSR count). The molecular formula is C106H74Ir7N17O2S-7. The summed E-state index contributed by atoms with van der Waals surface area (Å²) in [4.78, 5) is 57.7. The summed E-state index contributed by atoms with van der Waals surface area (Å²) in [6.45, 7) is 0. The number of hydrogen-bond donors (Lipinski definition) is 0. The van der Waals surface area contributed by atoms with Crippen LogP contribution < -0.4 is 10.6 Å². The van der Waals surface area contributed by atoms with E-state index in [2.05, 4.69) is 238 Å². The molecule has 133 heavy (non-hydrogen) atoms. The molecule has 2 aliphatic carbocycles. The number of anilines is 1. The number of benzene rings is 10. The molecule has 14 aliphatic rings. The SMILES string of the molecule is CN1C=CN=C2c3[c-]cccc3C=CN21.O=c1c2ccncc2nc2c3[c-]cccc3ccn12.[Ir].[Ir].[Ir].[Ir].[Ir].[Ir].[Ir].[c-]1cccc2c1C1=NC=CC3(CCCC3)N1C=C2.[c-]1cccc2c1C1=NC=CC3(c4ccccc4-c4ccccc43)N1C=C2.[c-]1cccc2c1C1=NC=CN(c3ccccc3)N1C=C2.[c-]1cccc2c1C1=NC=CON1C=C2.[c-]1cccc2c1C1=NC=CSN1C=C2. The van der Waals surface area contributed by atoms with Gasteiger partial charge in [0.25, 0.3) is 5.56 Å². The third kappa shape index (κ3) is 18.9. The summed E-state index contributed by atoms with van der Waals surface area (Å²) in [7, 11) is 1.99. The molecule has 0 unspecified atom stereocenters. The van der Waals surface area contributed by atoms with Crippen LogP contribution in [-0.4, -0.2) is 96.2 Å². The van der Waals surface area contributed by atoms with Crippen LogP contribution in [0.2, 0.25) is 0 Å². The summed E-state index contributed by atoms with van der Waals surface area (Å²) in [5.41, 5.74) is 20.5. The molecule has 7 radical (unpaired) electrons. The first-order valence-corrected chi connectivity index (χ1v) is 42.2. The second-order valence-electron chi connectivity index (χ2n) is 30.4. The number of amidine groups is 6. The van der Waals surface area contributed by atoms with Gasteiger partial charge in [-0.3, -0.25) is 64.8 Å². The zero-order valence-corrected chi connectivity index (χ0v) is 87.9. The van der Waals surface area contributed by atoms with E-state index in [1.807, 2.05) is 221 Å². The van der Waals surface area contributed by atoms with Crippen LogP contribution in [0.1, 0.15) is 104 Å². The van der Waals surface area contributed by atoms with Gasteiger partial charge in [-0.05, 0) is 102 Å². The van der Waals surface area contributed by atoms with Crippen molar-refractivity contribution in [3.05, 3.63) is 478 Å². The van der Waals surface area contributed by atoms with Gasteiger partial charge in [0.1, 0.15) is 11.8 Å². The zero-order chi connectivity index (χ0) is 84.3. The quantitative estimate of drug-likeness (QED) is 0.0663. The van der Waals surface area contributed by atoms with E-state index in [0.29, 0.717) is 16.6 Å². The molecule has 1 saturated carbocycles. The Bertz CT molecular complexity index is 7100. The van der Waals surface area contributed by atoms with Gasteiger partial charge in [0.05, 0.1) is 75.2 Å². The van der Waals surface area contributed by atoms with Crippen LogP contribution in [0.4, 0.5) is 5.69 Å². The number of hydroxylamine groups is 2. The number of fused-ring (bicyclic) bond motifs is 29. The van der Waals surface area contributed by atoms with Gasteiger partial charge in [-0.1, -0.05) is 139 Å². The van der Waals surface area contributed by atoms with Gasteiger partial charge >= 0.3 is 0 Å². The van der Waals surface area contributed by atoms with Crippen LogP contribution in [0.25, 0.3) is 74.9 Å². The molecule has 19 nitrogen and oxygen atoms in total. The van der Waals surface area contributed by atoms with Gasteiger partial charge in [0.2, 0.25) is 0 Å². The van der Waals surface area contributed by atoms with Crippen molar-refractivity contribution in [3.63, 3.8) is 0 Å². The summed E-state index contributed by atoms with van der Waals surface area (Å²) in [5, 5.41) is 14.1. The average molecular weight is 3000 g/mol. The smallest absolute Gasteiger partial charge is 0.257 e. The summed E-state index contributed by atoms with van der Waals surface area (Å²) < 4.78 is 3.60. The predicted octanol–water partition coefficient (Wildman–Crippen LogP) is 20.4. The van der Waals surface area contributed by atoms with Gasteiger partial charge in [0, 0.05) is 221 Å². The molecule has 0 bridgehead atoms. The Balaban J connectivity index is 0.000000125. The molecule has 12 aliphatic heterocycles. The van der Waals surface area contributed by atoms with E-state index in [0.717, 1.165) is 107 Å². The minimum absolute atomic E-state index is 0. The molecule has 2 spiro atoms. The van der Waals surface area contributed by atoms with Gasteiger partial charge in [-0.15, -0.1) is 231 Å². The Morgan fingerprint density at radius 1 is 0.406 bits per heavy atom. The minimum Gasteiger partial charge on any atom is -0.389 e. The monoisotopic (exact) mass is 3000 g/mol. The van der Waals surface area contributed by atoms with Crippen molar-refractivity contribution in [2.24, 2.45) is 30.0 Å². The summed E-state index contributed by atoms with van der Waals surface area (Å²) >= 11 is 1.63. The molecule has 0 N–H and O–H groups in total. The van der Waals surface area contributed by atoms with Crippen LogP contribution in [0.3, 0.4) is 0 Å². The van der Waals surface area contributed by atoms with Crippen LogP contribution in [0.15, 0.2) is 382 Å². The maximum atomic E-state index is 12.4. The summed E-state index contributed by atoms with van der Waals surface area (Å²) in [6.07, 6.45) is 55.8. The Morgan fingerprint density at radius 2 is 0.887 bits per heavy atom. The van der Waals surface area contributed by atoms with E-state index >= 15 is 0 Å². The molecule has 0 saturated heterocycles. The van der Waals surface area contributed by atoms with Crippen LogP contribution in [-0.2, 0) is 151 Å². The molecule has 0 atom stereocenters. The number of hydrazine groups is 2. The fraction of sp³-hybridized carbons (Fsp3) is 0.0660. The average Bonchev–Trinajstić information content (AvgIpc) is 1.54. The van der Waals surface area contributed by atoms with Crippen molar-refractivity contribution in [3.8, 4) is 11.1 Å². The number of aliphatic imine (C=N–C) groups is 6. The number of pyridine rings is 2. The Morgan fingerprint density at radius 3 is 1.51 bits per heavy atom. The molecular weight excluding hydrogens is 2920 g/mol. The minimum atomic E-state index is -0.359. The van der Waals surface area contributed by atoms with Crippen molar-refractivity contribution in [2.75, 3.05) is 12.1 Å². The van der Waals surface area contributed by atoms with Crippen LogP contribution in [0.5, 0.6) is 0 Å². The van der Waals surface area contributed by atoms with Gasteiger partial charge in [-0.2, -0.15) is 0 Å². The second-order valence-corrected chi connectivity index (χ2v) is 31.3. The second kappa shape index (κ2) is 43.5. The maximum Gasteiger partial charge on any atom is 0.257 e. The largest absolute Gasteiger partial charge is 0.389 e. The number of rotatable bonds is 1. The fourth-order valence-corrected chi connectivity index (χ4v) is 18.0. The maximum absolute atomic E-state index is 12.4. The van der Waals surface area contributed by atoms with E-state index in [4.69, 9.17) is 9.83 Å². The van der Waals surface area contributed by atoms with E-state index in [1.54, 1.807) is 64.7 Å². The molecule has 671 valence electrons. The Labute approximate surface area is 869 Å². The van der Waals surface area contributed by atoms with Crippen molar-refractivity contribution >= 4 is 116 Å². The van der Waals surface area contributed by atoms with Crippen molar-refractivity contribution in [1.29, 1.82) is 0 Å². The van der Waals surface area contributed by atoms with Gasteiger partial charge in [-0.25, -0.2) is 5.06 Å². The number of nitrogens with zero attached hydrogens (tertiary/aromatic N) is 17. The zero-order valence-electron chi connectivity index (χ0n) is 70.4. The van der Waals surface area contributed by atoms with E-state index in [9.17, 15) is 4.79 Å². The number of aromatic nitrogens is 3. The normalized spacial score (nSPS) is 16.0. The first kappa shape index (κ1) is 97.3. The molecule has 15 heterocycles. The van der Waals surface area contributed by atoms with Gasteiger partial charge < -0.3 is 23.3 Å². The number of hydrogen-bond acceptors (Lipinski definition) is 19. The topological polar surface area (TPSA) is 157 Å². The summed E-state index contributed by atoms with van der Waals surface area (Å²) in [5.74, 6) is 5.60. The number of para-hydroxylation sites is 1. The first-order chi connectivity index (χ1) is 62.3. The van der Waals surface area contributed by atoms with E-state index in [-0.39, 0.29) is 157 Å². The molecule has 10 aromatic carbocycles. The Kier molecular flexibility index (Phi) is 31.8. The molecule has 13 aromatic rings. The Hall–Kier alpha value is -11.8.